The Morgan fingerprint density at radius 3 is 2.58 bits per heavy atom. The van der Waals surface area contributed by atoms with E-state index in [1.165, 1.54) is 17.7 Å². The molecule has 1 heterocycles. The number of benzene rings is 1. The van der Waals surface area contributed by atoms with Crippen molar-refractivity contribution in [2.24, 2.45) is 0 Å². The van der Waals surface area contributed by atoms with E-state index in [1.54, 1.807) is 6.20 Å². The molecule has 0 bridgehead atoms. The molecule has 0 spiro atoms. The number of hydrogen-bond acceptors (Lipinski definition) is 2. The summed E-state index contributed by atoms with van der Waals surface area (Å²) in [5.74, 6) is -0.204. The summed E-state index contributed by atoms with van der Waals surface area (Å²) in [4.78, 5) is 4.13. The van der Waals surface area contributed by atoms with E-state index in [1.807, 2.05) is 31.3 Å². The molecule has 1 atom stereocenters. The minimum atomic E-state index is -0.204. The van der Waals surface area contributed by atoms with Gasteiger partial charge in [-0.3, -0.25) is 4.98 Å². The zero-order valence-electron chi connectivity index (χ0n) is 11.4. The number of pyridine rings is 1. The van der Waals surface area contributed by atoms with E-state index in [-0.39, 0.29) is 11.9 Å². The average Bonchev–Trinajstić information content (AvgIpc) is 2.43. The van der Waals surface area contributed by atoms with Crippen LogP contribution in [0.15, 0.2) is 42.7 Å². The molecule has 1 N–H and O–H groups in total. The van der Waals surface area contributed by atoms with Gasteiger partial charge in [0.05, 0.1) is 6.04 Å². The molecular weight excluding hydrogens is 239 g/mol. The molecule has 2 nitrogen and oxygen atoms in total. The minimum Gasteiger partial charge on any atom is -0.306 e. The van der Waals surface area contributed by atoms with Gasteiger partial charge in [-0.15, -0.1) is 0 Å². The Labute approximate surface area is 113 Å². The summed E-state index contributed by atoms with van der Waals surface area (Å²) in [7, 11) is 0. The summed E-state index contributed by atoms with van der Waals surface area (Å²) < 4.78 is 13.1. The van der Waals surface area contributed by atoms with Crippen molar-refractivity contribution in [1.29, 1.82) is 0 Å². The van der Waals surface area contributed by atoms with Crippen LogP contribution in [0.1, 0.15) is 36.1 Å². The maximum atomic E-state index is 13.1. The van der Waals surface area contributed by atoms with Crippen LogP contribution < -0.4 is 5.32 Å². The lowest BCUT2D eigenvalue weighted by Gasteiger charge is -2.21. The molecule has 0 amide bonds. The summed E-state index contributed by atoms with van der Waals surface area (Å²) in [6, 6.07) is 8.79. The first-order valence-electron chi connectivity index (χ1n) is 6.61. The van der Waals surface area contributed by atoms with E-state index < -0.39 is 0 Å². The molecule has 0 radical (unpaired) electrons. The van der Waals surface area contributed by atoms with Crippen molar-refractivity contribution >= 4 is 0 Å². The number of nitrogens with zero attached hydrogens (tertiary/aromatic N) is 1. The summed E-state index contributed by atoms with van der Waals surface area (Å²) >= 11 is 0. The second-order valence-electron chi connectivity index (χ2n) is 4.67. The van der Waals surface area contributed by atoms with Crippen molar-refractivity contribution in [3.63, 3.8) is 0 Å². The minimum absolute atomic E-state index is 0.0866. The van der Waals surface area contributed by atoms with Crippen LogP contribution in [0, 0.1) is 12.7 Å². The molecule has 1 aromatic carbocycles. The van der Waals surface area contributed by atoms with Gasteiger partial charge in [0.1, 0.15) is 5.82 Å². The Morgan fingerprint density at radius 1 is 1.21 bits per heavy atom. The Hall–Kier alpha value is -1.74. The fraction of sp³-hybridized carbons (Fsp3) is 0.312. The Bertz CT molecular complexity index is 523. The van der Waals surface area contributed by atoms with E-state index in [9.17, 15) is 4.39 Å². The number of hydrogen-bond donors (Lipinski definition) is 1. The van der Waals surface area contributed by atoms with E-state index >= 15 is 0 Å². The van der Waals surface area contributed by atoms with Crippen LogP contribution in [0.2, 0.25) is 0 Å². The number of nitrogens with one attached hydrogen (secondary N) is 1. The standard InChI is InChI=1S/C16H19FN2/c1-3-9-19-16(13-4-6-14(17)7-5-13)15-8-10-18-11-12(15)2/h4-8,10-11,16,19H,3,9H2,1-2H3. The zero-order chi connectivity index (χ0) is 13.7. The topological polar surface area (TPSA) is 24.9 Å². The van der Waals surface area contributed by atoms with Crippen LogP contribution in [0.4, 0.5) is 4.39 Å². The largest absolute Gasteiger partial charge is 0.306 e. The maximum absolute atomic E-state index is 13.1. The van der Waals surface area contributed by atoms with Crippen LogP contribution in [-0.2, 0) is 0 Å². The van der Waals surface area contributed by atoms with E-state index in [0.717, 1.165) is 24.1 Å². The van der Waals surface area contributed by atoms with Crippen molar-refractivity contribution in [3.8, 4) is 0 Å². The summed E-state index contributed by atoms with van der Waals surface area (Å²) in [6.45, 7) is 5.10. The molecule has 100 valence electrons. The maximum Gasteiger partial charge on any atom is 0.123 e. The number of halogens is 1. The van der Waals surface area contributed by atoms with Crippen molar-refractivity contribution in [2.75, 3.05) is 6.54 Å². The molecule has 0 aliphatic carbocycles. The number of aromatic nitrogens is 1. The van der Waals surface area contributed by atoms with Gasteiger partial charge in [0.25, 0.3) is 0 Å². The monoisotopic (exact) mass is 258 g/mol. The van der Waals surface area contributed by atoms with Gasteiger partial charge < -0.3 is 5.32 Å². The zero-order valence-corrected chi connectivity index (χ0v) is 11.4. The smallest absolute Gasteiger partial charge is 0.123 e. The SMILES string of the molecule is CCCNC(c1ccc(F)cc1)c1ccncc1C. The average molecular weight is 258 g/mol. The van der Waals surface area contributed by atoms with Gasteiger partial charge in [-0.05, 0) is 54.8 Å². The van der Waals surface area contributed by atoms with Gasteiger partial charge in [0, 0.05) is 12.4 Å². The molecule has 1 aromatic heterocycles. The highest BCUT2D eigenvalue weighted by Crippen LogP contribution is 2.24. The molecule has 1 unspecified atom stereocenters. The fourth-order valence-electron chi connectivity index (χ4n) is 2.16. The highest BCUT2D eigenvalue weighted by atomic mass is 19.1. The second kappa shape index (κ2) is 6.43. The Balaban J connectivity index is 2.35. The molecule has 2 rings (SSSR count). The molecule has 0 aliphatic heterocycles. The normalized spacial score (nSPS) is 12.4. The molecule has 0 saturated carbocycles. The van der Waals surface area contributed by atoms with Crippen LogP contribution in [0.3, 0.4) is 0 Å². The van der Waals surface area contributed by atoms with Gasteiger partial charge in [0.2, 0.25) is 0 Å². The second-order valence-corrected chi connectivity index (χ2v) is 4.67. The highest BCUT2D eigenvalue weighted by Gasteiger charge is 2.15. The molecular formula is C16H19FN2. The Morgan fingerprint density at radius 2 is 1.95 bits per heavy atom. The molecule has 19 heavy (non-hydrogen) atoms. The van der Waals surface area contributed by atoms with Crippen molar-refractivity contribution in [1.82, 2.24) is 10.3 Å². The van der Waals surface area contributed by atoms with Crippen molar-refractivity contribution in [3.05, 3.63) is 65.2 Å². The van der Waals surface area contributed by atoms with E-state index in [0.29, 0.717) is 0 Å². The molecule has 3 heteroatoms. The molecule has 0 fully saturated rings. The quantitative estimate of drug-likeness (QED) is 0.886. The van der Waals surface area contributed by atoms with Gasteiger partial charge in [-0.1, -0.05) is 19.1 Å². The first-order valence-corrected chi connectivity index (χ1v) is 6.61. The molecule has 0 saturated heterocycles. The van der Waals surface area contributed by atoms with Gasteiger partial charge in [0.15, 0.2) is 0 Å². The van der Waals surface area contributed by atoms with Crippen LogP contribution >= 0.6 is 0 Å². The molecule has 2 aromatic rings. The lowest BCUT2D eigenvalue weighted by atomic mass is 9.96. The number of aryl methyl sites for hydroxylation is 1. The summed E-state index contributed by atoms with van der Waals surface area (Å²) in [6.07, 6.45) is 4.72. The van der Waals surface area contributed by atoms with Crippen LogP contribution in [0.25, 0.3) is 0 Å². The van der Waals surface area contributed by atoms with Gasteiger partial charge in [-0.25, -0.2) is 4.39 Å². The van der Waals surface area contributed by atoms with E-state index in [4.69, 9.17) is 0 Å². The van der Waals surface area contributed by atoms with Crippen molar-refractivity contribution < 1.29 is 4.39 Å². The van der Waals surface area contributed by atoms with Crippen LogP contribution in [-0.4, -0.2) is 11.5 Å². The lowest BCUT2D eigenvalue weighted by molar-refractivity contribution is 0.590. The Kier molecular flexibility index (Phi) is 4.63. The summed E-state index contributed by atoms with van der Waals surface area (Å²) in [5.41, 5.74) is 3.40. The highest BCUT2D eigenvalue weighted by molar-refractivity contribution is 5.35. The van der Waals surface area contributed by atoms with Gasteiger partial charge >= 0.3 is 0 Å². The fourth-order valence-corrected chi connectivity index (χ4v) is 2.16. The third-order valence-electron chi connectivity index (χ3n) is 3.18. The first kappa shape index (κ1) is 13.7. The van der Waals surface area contributed by atoms with Crippen LogP contribution in [0.5, 0.6) is 0 Å². The number of rotatable bonds is 5. The first-order chi connectivity index (χ1) is 9.22. The van der Waals surface area contributed by atoms with Gasteiger partial charge in [-0.2, -0.15) is 0 Å². The third-order valence-corrected chi connectivity index (χ3v) is 3.18. The van der Waals surface area contributed by atoms with E-state index in [2.05, 4.69) is 17.2 Å². The predicted molar refractivity (Wildman–Crippen MR) is 75.5 cm³/mol. The lowest BCUT2D eigenvalue weighted by Crippen LogP contribution is -2.24. The summed E-state index contributed by atoms with van der Waals surface area (Å²) in [5, 5.41) is 3.51. The predicted octanol–water partition coefficient (Wildman–Crippen LogP) is 3.62. The third kappa shape index (κ3) is 3.38. The molecule has 0 aliphatic rings. The van der Waals surface area contributed by atoms with Crippen molar-refractivity contribution in [2.45, 2.75) is 26.3 Å².